The van der Waals surface area contributed by atoms with Gasteiger partial charge in [0.15, 0.2) is 0 Å². The lowest BCUT2D eigenvalue weighted by molar-refractivity contribution is -0.385. The molecule has 0 aromatic heterocycles. The van der Waals surface area contributed by atoms with Crippen LogP contribution in [0.4, 0.5) is 17.1 Å². The maximum atomic E-state index is 11.0. The van der Waals surface area contributed by atoms with Crippen molar-refractivity contribution in [1.29, 1.82) is 5.26 Å². The van der Waals surface area contributed by atoms with Crippen LogP contribution in [0.2, 0.25) is 0 Å². The molecule has 0 unspecified atom stereocenters. The molecule has 2 aromatic rings. The average Bonchev–Trinajstić information content (AvgIpc) is 2.90. The van der Waals surface area contributed by atoms with E-state index >= 15 is 0 Å². The van der Waals surface area contributed by atoms with Crippen molar-refractivity contribution < 1.29 is 4.92 Å². The second-order valence-corrected chi connectivity index (χ2v) is 4.60. The zero-order valence-corrected chi connectivity index (χ0v) is 10.6. The Morgan fingerprint density at radius 1 is 1.25 bits per heavy atom. The number of fused-ring (bicyclic) bond motifs is 1. The van der Waals surface area contributed by atoms with Crippen LogP contribution in [0.25, 0.3) is 0 Å². The Hall–Kier alpha value is -2.87. The van der Waals surface area contributed by atoms with Crippen molar-refractivity contribution in [3.8, 4) is 6.07 Å². The lowest BCUT2D eigenvalue weighted by atomic mass is 10.1. The molecule has 2 aromatic carbocycles. The highest BCUT2D eigenvalue weighted by atomic mass is 16.6. The minimum Gasteiger partial charge on any atom is -0.341 e. The highest BCUT2D eigenvalue weighted by molar-refractivity contribution is 5.72. The third-order valence-corrected chi connectivity index (χ3v) is 3.50. The highest BCUT2D eigenvalue weighted by Crippen LogP contribution is 2.36. The van der Waals surface area contributed by atoms with E-state index in [1.165, 1.54) is 17.7 Å². The highest BCUT2D eigenvalue weighted by Gasteiger charge is 2.22. The van der Waals surface area contributed by atoms with Gasteiger partial charge in [-0.05, 0) is 30.2 Å². The summed E-state index contributed by atoms with van der Waals surface area (Å²) >= 11 is 0. The molecular weight excluding hydrogens is 254 g/mol. The molecule has 0 spiro atoms. The fourth-order valence-corrected chi connectivity index (χ4v) is 2.54. The van der Waals surface area contributed by atoms with Crippen molar-refractivity contribution >= 4 is 17.1 Å². The average molecular weight is 265 g/mol. The molecule has 0 saturated heterocycles. The molecule has 0 fully saturated rings. The first kappa shape index (κ1) is 12.2. The first-order valence-corrected chi connectivity index (χ1v) is 6.24. The first-order chi connectivity index (χ1) is 9.70. The van der Waals surface area contributed by atoms with E-state index in [4.69, 9.17) is 5.26 Å². The van der Waals surface area contributed by atoms with Crippen molar-refractivity contribution in [2.24, 2.45) is 0 Å². The van der Waals surface area contributed by atoms with E-state index in [0.29, 0.717) is 0 Å². The zero-order chi connectivity index (χ0) is 14.1. The Morgan fingerprint density at radius 3 is 2.80 bits per heavy atom. The topological polar surface area (TPSA) is 70.2 Å². The Morgan fingerprint density at radius 2 is 2.05 bits per heavy atom. The standard InChI is InChI=1S/C15H11N3O2/c16-10-12-5-6-13(9-15(12)18(19)20)17-8-7-11-3-1-2-4-14(11)17/h1-6,9H,7-8H2. The number of hydrogen-bond acceptors (Lipinski definition) is 4. The van der Waals surface area contributed by atoms with Crippen LogP contribution in [0.15, 0.2) is 42.5 Å². The molecular formula is C15H11N3O2. The number of para-hydroxylation sites is 1. The summed E-state index contributed by atoms with van der Waals surface area (Å²) in [7, 11) is 0. The molecule has 0 radical (unpaired) electrons. The van der Waals surface area contributed by atoms with Crippen LogP contribution in [-0.4, -0.2) is 11.5 Å². The molecule has 1 heterocycles. The van der Waals surface area contributed by atoms with Crippen LogP contribution in [0.5, 0.6) is 0 Å². The van der Waals surface area contributed by atoms with Gasteiger partial charge in [-0.2, -0.15) is 5.26 Å². The monoisotopic (exact) mass is 265 g/mol. The Balaban J connectivity index is 2.07. The number of nitro groups is 1. The van der Waals surface area contributed by atoms with Crippen LogP contribution in [0.1, 0.15) is 11.1 Å². The number of benzene rings is 2. The minimum atomic E-state index is -0.510. The van der Waals surface area contributed by atoms with Gasteiger partial charge in [-0.1, -0.05) is 18.2 Å². The largest absolute Gasteiger partial charge is 0.341 e. The molecule has 0 amide bonds. The number of nitro benzene ring substituents is 1. The summed E-state index contributed by atoms with van der Waals surface area (Å²) in [5, 5.41) is 19.9. The van der Waals surface area contributed by atoms with Gasteiger partial charge >= 0.3 is 0 Å². The second kappa shape index (κ2) is 4.67. The molecule has 0 atom stereocenters. The van der Waals surface area contributed by atoms with E-state index in [1.807, 2.05) is 29.2 Å². The van der Waals surface area contributed by atoms with Gasteiger partial charge in [0.2, 0.25) is 0 Å². The van der Waals surface area contributed by atoms with Crippen molar-refractivity contribution in [3.05, 3.63) is 63.7 Å². The van der Waals surface area contributed by atoms with Gasteiger partial charge in [-0.3, -0.25) is 10.1 Å². The van der Waals surface area contributed by atoms with Crippen LogP contribution in [-0.2, 0) is 6.42 Å². The van der Waals surface area contributed by atoms with Crippen molar-refractivity contribution in [3.63, 3.8) is 0 Å². The fraction of sp³-hybridized carbons (Fsp3) is 0.133. The van der Waals surface area contributed by atoms with Crippen molar-refractivity contribution in [2.45, 2.75) is 6.42 Å². The molecule has 0 N–H and O–H groups in total. The Labute approximate surface area is 115 Å². The van der Waals surface area contributed by atoms with Gasteiger partial charge in [0.25, 0.3) is 5.69 Å². The molecule has 98 valence electrons. The van der Waals surface area contributed by atoms with Crippen molar-refractivity contribution in [1.82, 2.24) is 0 Å². The van der Waals surface area contributed by atoms with Crippen LogP contribution in [0, 0.1) is 21.4 Å². The molecule has 3 rings (SSSR count). The SMILES string of the molecule is N#Cc1ccc(N2CCc3ccccc32)cc1[N+](=O)[O-]. The van der Waals surface area contributed by atoms with E-state index in [0.717, 1.165) is 24.3 Å². The molecule has 1 aliphatic rings. The van der Waals surface area contributed by atoms with Crippen molar-refractivity contribution in [2.75, 3.05) is 11.4 Å². The van der Waals surface area contributed by atoms with Crippen LogP contribution >= 0.6 is 0 Å². The van der Waals surface area contributed by atoms with E-state index in [9.17, 15) is 10.1 Å². The van der Waals surface area contributed by atoms with Gasteiger partial charge in [0.05, 0.1) is 4.92 Å². The second-order valence-electron chi connectivity index (χ2n) is 4.60. The summed E-state index contributed by atoms with van der Waals surface area (Å²) in [5.41, 5.74) is 3.01. The van der Waals surface area contributed by atoms with Gasteiger partial charge in [-0.15, -0.1) is 0 Å². The molecule has 0 aliphatic carbocycles. The number of hydrogen-bond donors (Lipinski definition) is 0. The number of nitriles is 1. The van der Waals surface area contributed by atoms with Gasteiger partial charge in [0, 0.05) is 24.0 Å². The molecule has 5 nitrogen and oxygen atoms in total. The van der Waals surface area contributed by atoms with E-state index in [-0.39, 0.29) is 11.3 Å². The fourth-order valence-electron chi connectivity index (χ4n) is 2.54. The maximum Gasteiger partial charge on any atom is 0.289 e. The van der Waals surface area contributed by atoms with Crippen LogP contribution < -0.4 is 4.90 Å². The van der Waals surface area contributed by atoms with Gasteiger partial charge in [0.1, 0.15) is 11.6 Å². The third kappa shape index (κ3) is 1.88. The summed E-state index contributed by atoms with van der Waals surface area (Å²) in [6.45, 7) is 0.794. The van der Waals surface area contributed by atoms with Gasteiger partial charge in [-0.25, -0.2) is 0 Å². The number of rotatable bonds is 2. The predicted octanol–water partition coefficient (Wildman–Crippen LogP) is 3.16. The summed E-state index contributed by atoms with van der Waals surface area (Å²) in [6, 6.07) is 14.6. The number of anilines is 2. The first-order valence-electron chi connectivity index (χ1n) is 6.24. The lowest BCUT2D eigenvalue weighted by Crippen LogP contribution is -2.13. The molecule has 5 heteroatoms. The smallest absolute Gasteiger partial charge is 0.289 e. The summed E-state index contributed by atoms with van der Waals surface area (Å²) in [5.74, 6) is 0. The quantitative estimate of drug-likeness (QED) is 0.617. The normalized spacial score (nSPS) is 12.8. The third-order valence-electron chi connectivity index (χ3n) is 3.50. The molecule has 0 bridgehead atoms. The Bertz CT molecular complexity index is 734. The summed E-state index contributed by atoms with van der Waals surface area (Å²) in [4.78, 5) is 12.6. The number of nitrogens with zero attached hydrogens (tertiary/aromatic N) is 3. The zero-order valence-electron chi connectivity index (χ0n) is 10.6. The summed E-state index contributed by atoms with van der Waals surface area (Å²) in [6.07, 6.45) is 0.921. The predicted molar refractivity (Wildman–Crippen MR) is 75.0 cm³/mol. The molecule has 1 aliphatic heterocycles. The minimum absolute atomic E-state index is 0.0891. The maximum absolute atomic E-state index is 11.0. The lowest BCUT2D eigenvalue weighted by Gasteiger charge is -2.19. The van der Waals surface area contributed by atoms with Crippen LogP contribution in [0.3, 0.4) is 0 Å². The Kier molecular flexibility index (Phi) is 2.84. The molecule has 20 heavy (non-hydrogen) atoms. The molecule has 0 saturated carbocycles. The van der Waals surface area contributed by atoms with E-state index < -0.39 is 4.92 Å². The summed E-state index contributed by atoms with van der Waals surface area (Å²) < 4.78 is 0. The van der Waals surface area contributed by atoms with Gasteiger partial charge < -0.3 is 4.90 Å². The van der Waals surface area contributed by atoms with E-state index in [2.05, 4.69) is 6.07 Å². The van der Waals surface area contributed by atoms with E-state index in [1.54, 1.807) is 6.07 Å².